The molecule has 0 aromatic carbocycles. The van der Waals surface area contributed by atoms with Crippen molar-refractivity contribution >= 4 is 15.8 Å². The highest BCUT2D eigenvalue weighted by molar-refractivity contribution is 7.89. The van der Waals surface area contributed by atoms with Crippen LogP contribution in [0.5, 0.6) is 0 Å². The molecule has 102 valence electrons. The van der Waals surface area contributed by atoms with Crippen LogP contribution in [0.25, 0.3) is 0 Å². The summed E-state index contributed by atoms with van der Waals surface area (Å²) in [6.45, 7) is 5.20. The number of nitrogens with zero attached hydrogens (tertiary/aromatic N) is 1. The molecule has 0 aliphatic carbocycles. The number of sulfonamides is 1. The van der Waals surface area contributed by atoms with Gasteiger partial charge in [0, 0.05) is 19.3 Å². The third-order valence-electron chi connectivity index (χ3n) is 2.43. The molecule has 0 amide bonds. The normalized spacial score (nSPS) is 11.4. The van der Waals surface area contributed by atoms with Crippen molar-refractivity contribution in [1.82, 2.24) is 9.71 Å². The summed E-state index contributed by atoms with van der Waals surface area (Å²) < 4.78 is 26.8. The van der Waals surface area contributed by atoms with Gasteiger partial charge in [-0.05, 0) is 25.0 Å². The molecular formula is C12H21N3O2S. The molecule has 0 saturated heterocycles. The number of hydrogen-bond donors (Lipinski definition) is 2. The van der Waals surface area contributed by atoms with E-state index in [4.69, 9.17) is 0 Å². The maximum Gasteiger partial charge on any atom is 0.244 e. The van der Waals surface area contributed by atoms with E-state index in [1.165, 1.54) is 0 Å². The second-order valence-corrected chi connectivity index (χ2v) is 5.76. The Morgan fingerprint density at radius 1 is 1.22 bits per heavy atom. The number of unbranched alkanes of at least 4 members (excludes halogenated alkanes) is 1. The van der Waals surface area contributed by atoms with Crippen LogP contribution in [0.4, 0.5) is 5.82 Å². The Kier molecular flexibility index (Phi) is 6.07. The van der Waals surface area contributed by atoms with Crippen LogP contribution in [0.3, 0.4) is 0 Å². The Bertz CT molecular complexity index is 460. The van der Waals surface area contributed by atoms with Crippen molar-refractivity contribution in [1.29, 1.82) is 0 Å². The Morgan fingerprint density at radius 3 is 2.67 bits per heavy atom. The van der Waals surface area contributed by atoms with E-state index in [2.05, 4.69) is 15.0 Å². The first-order chi connectivity index (χ1) is 8.61. The summed E-state index contributed by atoms with van der Waals surface area (Å²) in [6.07, 6.45) is 4.29. The van der Waals surface area contributed by atoms with Crippen molar-refractivity contribution in [2.24, 2.45) is 0 Å². The van der Waals surface area contributed by atoms with Gasteiger partial charge in [0.2, 0.25) is 10.0 Å². The highest BCUT2D eigenvalue weighted by Crippen LogP contribution is 2.17. The molecule has 2 N–H and O–H groups in total. The van der Waals surface area contributed by atoms with Crippen molar-refractivity contribution in [3.8, 4) is 0 Å². The lowest BCUT2D eigenvalue weighted by molar-refractivity contribution is 0.578. The van der Waals surface area contributed by atoms with Crippen LogP contribution in [0.1, 0.15) is 33.1 Å². The van der Waals surface area contributed by atoms with Crippen molar-refractivity contribution in [3.05, 3.63) is 18.3 Å². The Hall–Kier alpha value is -1.14. The molecule has 0 spiro atoms. The van der Waals surface area contributed by atoms with Gasteiger partial charge in [0.15, 0.2) is 0 Å². The van der Waals surface area contributed by atoms with Crippen LogP contribution >= 0.6 is 0 Å². The molecule has 6 heteroatoms. The largest absolute Gasteiger partial charge is 0.369 e. The first kappa shape index (κ1) is 14.9. The van der Waals surface area contributed by atoms with Gasteiger partial charge in [-0.3, -0.25) is 0 Å². The molecule has 0 atom stereocenters. The highest BCUT2D eigenvalue weighted by atomic mass is 32.2. The lowest BCUT2D eigenvalue weighted by atomic mass is 10.3. The number of rotatable bonds is 8. The molecule has 0 aliphatic heterocycles. The van der Waals surface area contributed by atoms with Crippen LogP contribution < -0.4 is 10.0 Å². The summed E-state index contributed by atoms with van der Waals surface area (Å²) in [5.74, 6) is 0.420. The Balaban J connectivity index is 2.86. The van der Waals surface area contributed by atoms with E-state index in [-0.39, 0.29) is 4.90 Å². The fourth-order valence-electron chi connectivity index (χ4n) is 1.44. The second kappa shape index (κ2) is 7.33. The van der Waals surface area contributed by atoms with E-state index in [1.807, 2.05) is 13.8 Å². The zero-order chi connectivity index (χ0) is 13.4. The summed E-state index contributed by atoms with van der Waals surface area (Å²) in [4.78, 5) is 4.30. The maximum atomic E-state index is 12.1. The van der Waals surface area contributed by atoms with E-state index in [0.717, 1.165) is 19.3 Å². The summed E-state index contributed by atoms with van der Waals surface area (Å²) in [5, 5.41) is 3.03. The second-order valence-electron chi connectivity index (χ2n) is 4.03. The predicted octanol–water partition coefficient (Wildman–Crippen LogP) is 1.98. The van der Waals surface area contributed by atoms with Gasteiger partial charge in [-0.2, -0.15) is 0 Å². The van der Waals surface area contributed by atoms with Crippen molar-refractivity contribution in [2.75, 3.05) is 18.4 Å². The van der Waals surface area contributed by atoms with Gasteiger partial charge in [0.25, 0.3) is 0 Å². The van der Waals surface area contributed by atoms with Crippen molar-refractivity contribution < 1.29 is 8.42 Å². The monoisotopic (exact) mass is 271 g/mol. The smallest absolute Gasteiger partial charge is 0.244 e. The van der Waals surface area contributed by atoms with Gasteiger partial charge < -0.3 is 5.32 Å². The van der Waals surface area contributed by atoms with E-state index >= 15 is 0 Å². The Labute approximate surface area is 109 Å². The van der Waals surface area contributed by atoms with Crippen LogP contribution in [-0.2, 0) is 10.0 Å². The van der Waals surface area contributed by atoms with E-state index in [0.29, 0.717) is 18.9 Å². The molecular weight excluding hydrogens is 250 g/mol. The van der Waals surface area contributed by atoms with Gasteiger partial charge in [-0.15, -0.1) is 0 Å². The third kappa shape index (κ3) is 4.27. The number of hydrogen-bond acceptors (Lipinski definition) is 4. The van der Waals surface area contributed by atoms with Gasteiger partial charge in [0.1, 0.15) is 10.7 Å². The first-order valence-electron chi connectivity index (χ1n) is 6.30. The number of anilines is 1. The standard InChI is InChI=1S/C12H21N3O2S/c1-3-5-10-15-18(16,17)11-7-6-9-14-12(11)13-8-4-2/h6-7,9,15H,3-5,8,10H2,1-2H3,(H,13,14). The molecule has 0 saturated carbocycles. The van der Waals surface area contributed by atoms with Gasteiger partial charge in [0.05, 0.1) is 0 Å². The zero-order valence-corrected chi connectivity index (χ0v) is 11.8. The summed E-state index contributed by atoms with van der Waals surface area (Å²) >= 11 is 0. The molecule has 0 bridgehead atoms. The minimum absolute atomic E-state index is 0.217. The zero-order valence-electron chi connectivity index (χ0n) is 10.9. The van der Waals surface area contributed by atoms with Crippen LogP contribution in [-0.4, -0.2) is 26.5 Å². The van der Waals surface area contributed by atoms with Gasteiger partial charge >= 0.3 is 0 Å². The highest BCUT2D eigenvalue weighted by Gasteiger charge is 2.18. The van der Waals surface area contributed by atoms with Crippen LogP contribution in [0.2, 0.25) is 0 Å². The average molecular weight is 271 g/mol. The fourth-order valence-corrected chi connectivity index (χ4v) is 2.65. The van der Waals surface area contributed by atoms with E-state index in [1.54, 1.807) is 18.3 Å². The average Bonchev–Trinajstić information content (AvgIpc) is 2.37. The van der Waals surface area contributed by atoms with Gasteiger partial charge in [-0.25, -0.2) is 18.1 Å². The minimum Gasteiger partial charge on any atom is -0.369 e. The maximum absolute atomic E-state index is 12.1. The van der Waals surface area contributed by atoms with Crippen LogP contribution in [0.15, 0.2) is 23.2 Å². The van der Waals surface area contributed by atoms with E-state index < -0.39 is 10.0 Å². The number of nitrogens with one attached hydrogen (secondary N) is 2. The molecule has 0 fully saturated rings. The molecule has 1 heterocycles. The molecule has 1 aromatic rings. The summed E-state index contributed by atoms with van der Waals surface area (Å²) in [7, 11) is -3.47. The lowest BCUT2D eigenvalue weighted by Crippen LogP contribution is -2.26. The molecule has 5 nitrogen and oxygen atoms in total. The van der Waals surface area contributed by atoms with Crippen molar-refractivity contribution in [2.45, 2.75) is 38.0 Å². The van der Waals surface area contributed by atoms with Crippen molar-refractivity contribution in [3.63, 3.8) is 0 Å². The lowest BCUT2D eigenvalue weighted by Gasteiger charge is -2.11. The first-order valence-corrected chi connectivity index (χ1v) is 7.78. The summed E-state index contributed by atoms with van der Waals surface area (Å²) in [5.41, 5.74) is 0. The topological polar surface area (TPSA) is 71.1 Å². The predicted molar refractivity (Wildman–Crippen MR) is 73.1 cm³/mol. The van der Waals surface area contributed by atoms with E-state index in [9.17, 15) is 8.42 Å². The molecule has 18 heavy (non-hydrogen) atoms. The number of aromatic nitrogens is 1. The minimum atomic E-state index is -3.47. The number of pyridine rings is 1. The quantitative estimate of drug-likeness (QED) is 0.709. The molecule has 0 radical (unpaired) electrons. The van der Waals surface area contributed by atoms with Gasteiger partial charge in [-0.1, -0.05) is 20.3 Å². The summed E-state index contributed by atoms with van der Waals surface area (Å²) in [6, 6.07) is 3.20. The third-order valence-corrected chi connectivity index (χ3v) is 3.92. The molecule has 0 unspecified atom stereocenters. The molecule has 1 rings (SSSR count). The van der Waals surface area contributed by atoms with Crippen LogP contribution in [0, 0.1) is 0 Å². The molecule has 1 aromatic heterocycles. The fraction of sp³-hybridized carbons (Fsp3) is 0.583. The SMILES string of the molecule is CCCCNS(=O)(=O)c1cccnc1NCCC. The Morgan fingerprint density at radius 2 is 2.00 bits per heavy atom. The molecule has 0 aliphatic rings.